The van der Waals surface area contributed by atoms with Gasteiger partial charge in [0.1, 0.15) is 4.90 Å². The molecule has 0 aromatic carbocycles. The van der Waals surface area contributed by atoms with E-state index in [1.165, 1.54) is 8.99 Å². The van der Waals surface area contributed by atoms with Gasteiger partial charge in [-0.15, -0.1) is 0 Å². The summed E-state index contributed by atoms with van der Waals surface area (Å²) < 4.78 is 33.7. The van der Waals surface area contributed by atoms with Crippen molar-refractivity contribution in [3.8, 4) is 0 Å². The lowest BCUT2D eigenvalue weighted by molar-refractivity contribution is 0.00319. The highest BCUT2D eigenvalue weighted by atomic mass is 32.2. The Kier molecular flexibility index (Phi) is 4.87. The van der Waals surface area contributed by atoms with E-state index in [1.807, 2.05) is 0 Å². The Bertz CT molecular complexity index is 591. The Morgan fingerprint density at radius 3 is 2.52 bits per heavy atom. The largest absolute Gasteiger partial charge is 0.394 e. The Morgan fingerprint density at radius 2 is 2.05 bits per heavy atom. The van der Waals surface area contributed by atoms with Crippen molar-refractivity contribution in [1.29, 1.82) is 0 Å². The second kappa shape index (κ2) is 6.30. The van der Waals surface area contributed by atoms with Crippen LogP contribution >= 0.6 is 0 Å². The molecular formula is C12H22N4O4S. The van der Waals surface area contributed by atoms with Crippen molar-refractivity contribution in [2.75, 3.05) is 32.0 Å². The van der Waals surface area contributed by atoms with Gasteiger partial charge in [-0.3, -0.25) is 4.68 Å². The molecule has 1 aromatic rings. The van der Waals surface area contributed by atoms with Crippen LogP contribution in [0.25, 0.3) is 0 Å². The molecule has 1 aromatic heterocycles. The van der Waals surface area contributed by atoms with Gasteiger partial charge in [0, 0.05) is 20.1 Å². The minimum Gasteiger partial charge on any atom is -0.394 e. The molecule has 0 spiro atoms. The molecule has 1 aliphatic rings. The number of nitrogens with two attached hydrogens (primary N) is 1. The number of rotatable bonds is 5. The van der Waals surface area contributed by atoms with Crippen molar-refractivity contribution >= 4 is 15.8 Å². The van der Waals surface area contributed by atoms with Gasteiger partial charge in [-0.05, 0) is 19.8 Å². The summed E-state index contributed by atoms with van der Waals surface area (Å²) >= 11 is 0. The minimum absolute atomic E-state index is 0.00376. The molecule has 0 unspecified atom stereocenters. The summed E-state index contributed by atoms with van der Waals surface area (Å²) in [6.45, 7) is 2.71. The summed E-state index contributed by atoms with van der Waals surface area (Å²) in [5, 5.41) is 12.7. The molecule has 0 radical (unpaired) electrons. The van der Waals surface area contributed by atoms with Gasteiger partial charge in [0.05, 0.1) is 25.0 Å². The molecule has 1 fully saturated rings. The third-order valence-electron chi connectivity index (χ3n) is 3.75. The smallest absolute Gasteiger partial charge is 0.248 e. The molecule has 0 atom stereocenters. The highest BCUT2D eigenvalue weighted by Crippen LogP contribution is 2.27. The minimum atomic E-state index is -3.63. The molecule has 9 heteroatoms. The Hall–Kier alpha value is -1.16. The van der Waals surface area contributed by atoms with Crippen LogP contribution in [0.1, 0.15) is 18.5 Å². The summed E-state index contributed by atoms with van der Waals surface area (Å²) in [5.41, 5.74) is 6.27. The molecule has 3 N–H and O–H groups in total. The van der Waals surface area contributed by atoms with Gasteiger partial charge >= 0.3 is 0 Å². The lowest BCUT2D eigenvalue weighted by atomic mass is 10.1. The fraction of sp³-hybridized carbons (Fsp3) is 0.750. The molecule has 8 nitrogen and oxygen atoms in total. The van der Waals surface area contributed by atoms with Crippen LogP contribution in [0, 0.1) is 6.92 Å². The van der Waals surface area contributed by atoms with Gasteiger partial charge in [0.15, 0.2) is 5.82 Å². The molecule has 0 saturated carbocycles. The van der Waals surface area contributed by atoms with Gasteiger partial charge in [-0.2, -0.15) is 9.40 Å². The average molecular weight is 318 g/mol. The number of aryl methyl sites for hydroxylation is 1. The topological polar surface area (TPSA) is 111 Å². The zero-order valence-electron chi connectivity index (χ0n) is 12.3. The van der Waals surface area contributed by atoms with E-state index in [0.717, 1.165) is 0 Å². The number of sulfonamides is 1. The maximum absolute atomic E-state index is 12.7. The van der Waals surface area contributed by atoms with Crippen molar-refractivity contribution in [1.82, 2.24) is 14.1 Å². The third kappa shape index (κ3) is 3.20. The van der Waals surface area contributed by atoms with Gasteiger partial charge in [-0.1, -0.05) is 0 Å². The maximum Gasteiger partial charge on any atom is 0.248 e. The van der Waals surface area contributed by atoms with E-state index in [0.29, 0.717) is 31.6 Å². The quantitative estimate of drug-likeness (QED) is 0.755. The van der Waals surface area contributed by atoms with Crippen molar-refractivity contribution in [3.05, 3.63) is 5.69 Å². The second-order valence-electron chi connectivity index (χ2n) is 5.12. The van der Waals surface area contributed by atoms with Gasteiger partial charge in [0.25, 0.3) is 0 Å². The number of anilines is 1. The molecule has 0 bridgehead atoms. The summed E-state index contributed by atoms with van der Waals surface area (Å²) in [6, 6.07) is 0. The summed E-state index contributed by atoms with van der Waals surface area (Å²) in [5.74, 6) is 0.0358. The lowest BCUT2D eigenvalue weighted by Crippen LogP contribution is -2.41. The first-order valence-corrected chi connectivity index (χ1v) is 8.33. The monoisotopic (exact) mass is 318 g/mol. The number of aliphatic hydroxyl groups is 1. The molecule has 0 aliphatic carbocycles. The van der Waals surface area contributed by atoms with Gasteiger partial charge in [0.2, 0.25) is 10.0 Å². The predicted octanol–water partition coefficient (Wildman–Crippen LogP) is -0.527. The number of nitrogen functional groups attached to an aromatic ring is 1. The van der Waals surface area contributed by atoms with E-state index in [1.54, 1.807) is 14.0 Å². The standard InChI is InChI=1S/C12H22N4O4S/c1-9-11(12(13)14-15(9)2)21(18,19)16-5-3-10(4-6-16)20-8-7-17/h10,17H,3-8H2,1-2H3,(H2,13,14). The molecular weight excluding hydrogens is 296 g/mol. The van der Waals surface area contributed by atoms with E-state index in [9.17, 15) is 8.42 Å². The van der Waals surface area contributed by atoms with Crippen LogP contribution in [-0.2, 0) is 21.8 Å². The normalized spacial score (nSPS) is 18.2. The molecule has 1 aliphatic heterocycles. The van der Waals surface area contributed by atoms with Gasteiger partial charge < -0.3 is 15.6 Å². The van der Waals surface area contributed by atoms with Crippen molar-refractivity contribution < 1.29 is 18.3 Å². The lowest BCUT2D eigenvalue weighted by Gasteiger charge is -2.31. The molecule has 1 saturated heterocycles. The number of hydrogen-bond acceptors (Lipinski definition) is 6. The van der Waals surface area contributed by atoms with Crippen LogP contribution in [0.2, 0.25) is 0 Å². The SMILES string of the molecule is Cc1c(S(=O)(=O)N2CCC(OCCO)CC2)c(N)nn1C. The Labute approximate surface area is 124 Å². The number of nitrogens with zero attached hydrogens (tertiary/aromatic N) is 3. The number of ether oxygens (including phenoxy) is 1. The zero-order valence-corrected chi connectivity index (χ0v) is 13.1. The fourth-order valence-electron chi connectivity index (χ4n) is 2.52. The van der Waals surface area contributed by atoms with E-state index < -0.39 is 10.0 Å². The zero-order chi connectivity index (χ0) is 15.6. The number of aromatic nitrogens is 2. The Morgan fingerprint density at radius 1 is 1.43 bits per heavy atom. The number of aliphatic hydroxyl groups excluding tert-OH is 1. The summed E-state index contributed by atoms with van der Waals surface area (Å²) in [4.78, 5) is 0.0970. The van der Waals surface area contributed by atoms with Crippen molar-refractivity contribution in [3.63, 3.8) is 0 Å². The predicted molar refractivity (Wildman–Crippen MR) is 77.2 cm³/mol. The molecule has 21 heavy (non-hydrogen) atoms. The number of hydrogen-bond donors (Lipinski definition) is 2. The van der Waals surface area contributed by atoms with Crippen LogP contribution in [0.15, 0.2) is 4.90 Å². The third-order valence-corrected chi connectivity index (χ3v) is 5.81. The highest BCUT2D eigenvalue weighted by molar-refractivity contribution is 7.89. The average Bonchev–Trinajstić information content (AvgIpc) is 2.70. The second-order valence-corrected chi connectivity index (χ2v) is 7.00. The first-order valence-electron chi connectivity index (χ1n) is 6.89. The van der Waals surface area contributed by atoms with Crippen molar-refractivity contribution in [2.45, 2.75) is 30.8 Å². The van der Waals surface area contributed by atoms with Crippen LogP contribution in [0.4, 0.5) is 5.82 Å². The first-order chi connectivity index (χ1) is 9.87. The fourth-order valence-corrected chi connectivity index (χ4v) is 4.28. The summed E-state index contributed by atoms with van der Waals surface area (Å²) in [7, 11) is -1.96. The van der Waals surface area contributed by atoms with Crippen LogP contribution < -0.4 is 5.73 Å². The molecule has 2 rings (SSSR count). The Balaban J connectivity index is 2.12. The summed E-state index contributed by atoms with van der Waals surface area (Å²) in [6.07, 6.45) is 1.22. The molecule has 2 heterocycles. The van der Waals surface area contributed by atoms with E-state index >= 15 is 0 Å². The molecule has 120 valence electrons. The van der Waals surface area contributed by atoms with Crippen molar-refractivity contribution in [2.24, 2.45) is 7.05 Å². The maximum atomic E-state index is 12.7. The van der Waals surface area contributed by atoms with Crippen LogP contribution in [-0.4, -0.2) is 60.0 Å². The van der Waals surface area contributed by atoms with Crippen LogP contribution in [0.5, 0.6) is 0 Å². The van der Waals surface area contributed by atoms with E-state index in [2.05, 4.69) is 5.10 Å². The highest BCUT2D eigenvalue weighted by Gasteiger charge is 2.34. The van der Waals surface area contributed by atoms with E-state index in [-0.39, 0.29) is 30.0 Å². The number of piperidine rings is 1. The van der Waals surface area contributed by atoms with Gasteiger partial charge in [-0.25, -0.2) is 8.42 Å². The first kappa shape index (κ1) is 16.2. The molecule has 0 amide bonds. The van der Waals surface area contributed by atoms with E-state index in [4.69, 9.17) is 15.6 Å². The van der Waals surface area contributed by atoms with Crippen LogP contribution in [0.3, 0.4) is 0 Å².